The van der Waals surface area contributed by atoms with Crippen LogP contribution in [0.3, 0.4) is 0 Å². The van der Waals surface area contributed by atoms with Crippen molar-refractivity contribution >= 4 is 17.7 Å². The number of nitrogens with zero attached hydrogens (tertiary/aromatic N) is 3. The van der Waals surface area contributed by atoms with Gasteiger partial charge in [-0.25, -0.2) is 4.39 Å². The van der Waals surface area contributed by atoms with Gasteiger partial charge in [-0.2, -0.15) is 0 Å². The number of likely N-dealkylation sites (tertiary alicyclic amines) is 1. The lowest BCUT2D eigenvalue weighted by Gasteiger charge is -2.38. The maximum Gasteiger partial charge on any atom is 0.241 e. The molecule has 3 aliphatic rings. The minimum atomic E-state index is -1.31. The van der Waals surface area contributed by atoms with Gasteiger partial charge in [0.1, 0.15) is 5.82 Å². The van der Waals surface area contributed by atoms with E-state index in [9.17, 15) is 18.8 Å². The van der Waals surface area contributed by atoms with E-state index >= 15 is 0 Å². The second kappa shape index (κ2) is 8.69. The molecule has 6 nitrogen and oxygen atoms in total. The summed E-state index contributed by atoms with van der Waals surface area (Å²) in [5, 5.41) is 0. The van der Waals surface area contributed by atoms with Gasteiger partial charge in [-0.3, -0.25) is 24.2 Å². The first-order valence-electron chi connectivity index (χ1n) is 11.5. The van der Waals surface area contributed by atoms with Crippen LogP contribution in [-0.4, -0.2) is 70.7 Å². The molecule has 4 rings (SSSR count). The SMILES string of the molecule is CC(C)N1CCN(C(=O)CC2(c3cccc(F)c3)CC(=O)N(C3CCCC3)C2=O)CC1. The summed E-state index contributed by atoms with van der Waals surface area (Å²) in [6.07, 6.45) is 3.44. The summed E-state index contributed by atoms with van der Waals surface area (Å²) in [7, 11) is 0. The molecule has 0 spiro atoms. The molecule has 0 N–H and O–H groups in total. The molecule has 0 radical (unpaired) electrons. The van der Waals surface area contributed by atoms with Crippen molar-refractivity contribution in [3.8, 4) is 0 Å². The summed E-state index contributed by atoms with van der Waals surface area (Å²) < 4.78 is 14.1. The lowest BCUT2D eigenvalue weighted by atomic mass is 9.75. The van der Waals surface area contributed by atoms with Gasteiger partial charge >= 0.3 is 0 Å². The van der Waals surface area contributed by atoms with E-state index in [1.807, 2.05) is 0 Å². The normalized spacial score (nSPS) is 25.8. The number of piperazine rings is 1. The largest absolute Gasteiger partial charge is 0.340 e. The fraction of sp³-hybridized carbons (Fsp3) is 0.625. The average molecular weight is 430 g/mol. The lowest BCUT2D eigenvalue weighted by Crippen LogP contribution is -2.52. The number of carbonyl (C=O) groups is 3. The molecule has 2 aliphatic heterocycles. The Morgan fingerprint density at radius 3 is 2.42 bits per heavy atom. The number of benzene rings is 1. The van der Waals surface area contributed by atoms with E-state index in [4.69, 9.17) is 0 Å². The van der Waals surface area contributed by atoms with Crippen LogP contribution in [0.1, 0.15) is 57.9 Å². The second-order valence-electron chi connectivity index (χ2n) is 9.46. The van der Waals surface area contributed by atoms with Crippen molar-refractivity contribution in [2.75, 3.05) is 26.2 Å². The fourth-order valence-corrected chi connectivity index (χ4v) is 5.40. The van der Waals surface area contributed by atoms with Crippen LogP contribution in [0.2, 0.25) is 0 Å². The predicted molar refractivity (Wildman–Crippen MR) is 115 cm³/mol. The van der Waals surface area contributed by atoms with Crippen LogP contribution in [0, 0.1) is 5.82 Å². The first-order valence-corrected chi connectivity index (χ1v) is 11.5. The smallest absolute Gasteiger partial charge is 0.241 e. The van der Waals surface area contributed by atoms with Crippen LogP contribution >= 0.6 is 0 Å². The van der Waals surface area contributed by atoms with Gasteiger partial charge in [-0.1, -0.05) is 25.0 Å². The highest BCUT2D eigenvalue weighted by atomic mass is 19.1. The summed E-state index contributed by atoms with van der Waals surface area (Å²) in [5.41, 5.74) is -0.880. The van der Waals surface area contributed by atoms with Crippen LogP contribution in [0.4, 0.5) is 4.39 Å². The van der Waals surface area contributed by atoms with Gasteiger partial charge < -0.3 is 4.90 Å². The Morgan fingerprint density at radius 2 is 1.81 bits per heavy atom. The van der Waals surface area contributed by atoms with Crippen molar-refractivity contribution in [3.63, 3.8) is 0 Å². The third-order valence-electron chi connectivity index (χ3n) is 7.27. The molecule has 168 valence electrons. The molecular weight excluding hydrogens is 397 g/mol. The molecule has 1 aromatic carbocycles. The van der Waals surface area contributed by atoms with E-state index in [1.165, 1.54) is 17.0 Å². The topological polar surface area (TPSA) is 60.9 Å². The van der Waals surface area contributed by atoms with Gasteiger partial charge in [0, 0.05) is 51.1 Å². The third-order valence-corrected chi connectivity index (χ3v) is 7.27. The number of rotatable bonds is 5. The predicted octanol–water partition coefficient (Wildman–Crippen LogP) is 2.71. The summed E-state index contributed by atoms with van der Waals surface area (Å²) in [5.74, 6) is -1.17. The highest BCUT2D eigenvalue weighted by Gasteiger charge is 2.56. The molecular formula is C24H32FN3O3. The maximum atomic E-state index is 14.1. The number of hydrogen-bond acceptors (Lipinski definition) is 4. The highest BCUT2D eigenvalue weighted by molar-refractivity contribution is 6.11. The van der Waals surface area contributed by atoms with Gasteiger partial charge in [0.2, 0.25) is 17.7 Å². The Kier molecular flexibility index (Phi) is 6.15. The van der Waals surface area contributed by atoms with E-state index in [1.54, 1.807) is 17.0 Å². The molecule has 7 heteroatoms. The van der Waals surface area contributed by atoms with Crippen molar-refractivity contribution in [1.82, 2.24) is 14.7 Å². The summed E-state index contributed by atoms with van der Waals surface area (Å²) in [6, 6.07) is 6.18. The fourth-order valence-electron chi connectivity index (χ4n) is 5.40. The van der Waals surface area contributed by atoms with Crippen molar-refractivity contribution in [2.24, 2.45) is 0 Å². The zero-order valence-corrected chi connectivity index (χ0v) is 18.5. The zero-order valence-electron chi connectivity index (χ0n) is 18.5. The molecule has 3 fully saturated rings. The minimum absolute atomic E-state index is 0.0660. The van der Waals surface area contributed by atoms with Crippen molar-refractivity contribution < 1.29 is 18.8 Å². The van der Waals surface area contributed by atoms with Crippen molar-refractivity contribution in [2.45, 2.75) is 69.9 Å². The van der Waals surface area contributed by atoms with Gasteiger partial charge in [0.05, 0.1) is 5.41 Å². The molecule has 1 atom stereocenters. The van der Waals surface area contributed by atoms with E-state index in [2.05, 4.69) is 18.7 Å². The summed E-state index contributed by atoms with van der Waals surface area (Å²) >= 11 is 0. The van der Waals surface area contributed by atoms with E-state index in [-0.39, 0.29) is 36.6 Å². The number of halogens is 1. The molecule has 1 saturated carbocycles. The molecule has 31 heavy (non-hydrogen) atoms. The average Bonchev–Trinajstić information content (AvgIpc) is 3.35. The monoisotopic (exact) mass is 429 g/mol. The Bertz CT molecular complexity index is 859. The van der Waals surface area contributed by atoms with Gasteiger partial charge in [0.15, 0.2) is 0 Å². The molecule has 1 aromatic rings. The van der Waals surface area contributed by atoms with Crippen molar-refractivity contribution in [1.29, 1.82) is 0 Å². The molecule has 2 saturated heterocycles. The van der Waals surface area contributed by atoms with Crippen LogP contribution in [0.5, 0.6) is 0 Å². The zero-order chi connectivity index (χ0) is 22.2. The summed E-state index contributed by atoms with van der Waals surface area (Å²) in [6.45, 7) is 7.05. The summed E-state index contributed by atoms with van der Waals surface area (Å²) in [4.78, 5) is 45.5. The highest BCUT2D eigenvalue weighted by Crippen LogP contribution is 2.43. The van der Waals surface area contributed by atoms with E-state index in [0.29, 0.717) is 24.7 Å². The van der Waals surface area contributed by atoms with Crippen LogP contribution in [0.25, 0.3) is 0 Å². The molecule has 1 unspecified atom stereocenters. The standard InChI is InChI=1S/C24H32FN3O3/c1-17(2)26-10-12-27(13-11-26)21(29)15-24(18-6-5-7-19(25)14-18)16-22(30)28(23(24)31)20-8-3-4-9-20/h5-7,14,17,20H,3-4,8-13,15-16H2,1-2H3. The number of imide groups is 1. The Morgan fingerprint density at radius 1 is 1.13 bits per heavy atom. The Hall–Kier alpha value is -2.28. The third kappa shape index (κ3) is 4.12. The number of hydrogen-bond donors (Lipinski definition) is 0. The molecule has 3 amide bonds. The molecule has 2 heterocycles. The Labute approximate surface area is 183 Å². The quantitative estimate of drug-likeness (QED) is 0.676. The maximum absolute atomic E-state index is 14.1. The van der Waals surface area contributed by atoms with Gasteiger partial charge in [-0.15, -0.1) is 0 Å². The van der Waals surface area contributed by atoms with Crippen LogP contribution in [-0.2, 0) is 19.8 Å². The van der Waals surface area contributed by atoms with Gasteiger partial charge in [-0.05, 0) is 44.4 Å². The van der Waals surface area contributed by atoms with Crippen molar-refractivity contribution in [3.05, 3.63) is 35.6 Å². The lowest BCUT2D eigenvalue weighted by molar-refractivity contribution is -0.145. The molecule has 0 aromatic heterocycles. The van der Waals surface area contributed by atoms with Crippen LogP contribution < -0.4 is 0 Å². The first-order chi connectivity index (χ1) is 14.8. The van der Waals surface area contributed by atoms with E-state index in [0.717, 1.165) is 38.8 Å². The minimum Gasteiger partial charge on any atom is -0.340 e. The Balaban J connectivity index is 1.61. The molecule has 0 bridgehead atoms. The van der Waals surface area contributed by atoms with E-state index < -0.39 is 11.2 Å². The molecule has 1 aliphatic carbocycles. The first kappa shape index (κ1) is 21.9. The second-order valence-corrected chi connectivity index (χ2v) is 9.46. The number of carbonyl (C=O) groups excluding carboxylic acids is 3. The van der Waals surface area contributed by atoms with Crippen LogP contribution in [0.15, 0.2) is 24.3 Å². The number of amides is 3. The van der Waals surface area contributed by atoms with Gasteiger partial charge in [0.25, 0.3) is 0 Å².